The second kappa shape index (κ2) is 4.41. The van der Waals surface area contributed by atoms with Crippen molar-refractivity contribution in [1.82, 2.24) is 4.98 Å². The maximum Gasteiger partial charge on any atom is 0.246 e. The molecule has 4 nitrogen and oxygen atoms in total. The molecule has 2 aromatic rings. The van der Waals surface area contributed by atoms with E-state index >= 15 is 0 Å². The van der Waals surface area contributed by atoms with Gasteiger partial charge < -0.3 is 4.98 Å². The van der Waals surface area contributed by atoms with E-state index in [1.165, 1.54) is 0 Å². The molecule has 0 aliphatic carbocycles. The van der Waals surface area contributed by atoms with E-state index in [0.717, 1.165) is 22.0 Å². The number of nitrogens with one attached hydrogen (secondary N) is 1. The summed E-state index contributed by atoms with van der Waals surface area (Å²) in [7, 11) is 0. The number of rotatable bonds is 3. The number of nitrogens with zero attached hydrogens (tertiary/aromatic N) is 1. The molecule has 0 aliphatic rings. The fourth-order valence-corrected chi connectivity index (χ4v) is 1.98. The van der Waals surface area contributed by atoms with Crippen LogP contribution in [0.5, 0.6) is 0 Å². The summed E-state index contributed by atoms with van der Waals surface area (Å²) in [5.41, 5.74) is 3.24. The third-order valence-corrected chi connectivity index (χ3v) is 2.86. The van der Waals surface area contributed by atoms with Gasteiger partial charge in [0.15, 0.2) is 0 Å². The molecule has 0 saturated heterocycles. The van der Waals surface area contributed by atoms with Crippen LogP contribution >= 0.6 is 0 Å². The minimum absolute atomic E-state index is 0.231. The molecule has 0 amide bonds. The Labute approximate surface area is 99.1 Å². The molecule has 0 spiro atoms. The SMILES string of the molecule is CCC(=Cc1c[nH]c2cccc(C)c12)[N+](=O)[O-]. The number of aromatic amines is 1. The Morgan fingerprint density at radius 2 is 2.29 bits per heavy atom. The molecule has 0 unspecified atom stereocenters. The molecule has 2 rings (SSSR count). The number of allylic oxidation sites excluding steroid dienone is 1. The zero-order chi connectivity index (χ0) is 12.4. The lowest BCUT2D eigenvalue weighted by Crippen LogP contribution is -1.96. The fourth-order valence-electron chi connectivity index (χ4n) is 1.98. The highest BCUT2D eigenvalue weighted by molar-refractivity contribution is 5.91. The van der Waals surface area contributed by atoms with Gasteiger partial charge in [0.05, 0.1) is 4.92 Å². The fraction of sp³-hybridized carbons (Fsp3) is 0.231. The topological polar surface area (TPSA) is 58.9 Å². The highest BCUT2D eigenvalue weighted by Crippen LogP contribution is 2.24. The maximum absolute atomic E-state index is 10.8. The van der Waals surface area contributed by atoms with Crippen LogP contribution in [0.4, 0.5) is 0 Å². The second-order valence-electron chi connectivity index (χ2n) is 3.99. The van der Waals surface area contributed by atoms with Crippen LogP contribution in [0.3, 0.4) is 0 Å². The van der Waals surface area contributed by atoms with Gasteiger partial charge in [0.2, 0.25) is 5.70 Å². The van der Waals surface area contributed by atoms with Gasteiger partial charge in [-0.1, -0.05) is 19.1 Å². The first-order valence-electron chi connectivity index (χ1n) is 5.55. The maximum atomic E-state index is 10.8. The first-order valence-corrected chi connectivity index (χ1v) is 5.55. The van der Waals surface area contributed by atoms with Gasteiger partial charge in [0.1, 0.15) is 0 Å². The smallest absolute Gasteiger partial charge is 0.246 e. The number of nitro groups is 1. The van der Waals surface area contributed by atoms with Gasteiger partial charge in [-0.3, -0.25) is 10.1 Å². The monoisotopic (exact) mass is 230 g/mol. The average molecular weight is 230 g/mol. The van der Waals surface area contributed by atoms with E-state index in [-0.39, 0.29) is 10.6 Å². The van der Waals surface area contributed by atoms with Crippen molar-refractivity contribution in [2.75, 3.05) is 0 Å². The third kappa shape index (κ3) is 2.06. The van der Waals surface area contributed by atoms with E-state index in [1.54, 1.807) is 13.0 Å². The molecule has 1 aromatic carbocycles. The number of benzene rings is 1. The second-order valence-corrected chi connectivity index (χ2v) is 3.99. The molecule has 88 valence electrons. The van der Waals surface area contributed by atoms with Crippen molar-refractivity contribution in [3.05, 3.63) is 51.3 Å². The number of hydrogen-bond donors (Lipinski definition) is 1. The van der Waals surface area contributed by atoms with Crippen molar-refractivity contribution in [2.45, 2.75) is 20.3 Å². The summed E-state index contributed by atoms with van der Waals surface area (Å²) < 4.78 is 0. The van der Waals surface area contributed by atoms with E-state index in [4.69, 9.17) is 0 Å². The van der Waals surface area contributed by atoms with E-state index in [1.807, 2.05) is 31.3 Å². The number of hydrogen-bond acceptors (Lipinski definition) is 2. The Kier molecular flexibility index (Phi) is 2.95. The van der Waals surface area contributed by atoms with Crippen molar-refractivity contribution in [3.63, 3.8) is 0 Å². The number of aromatic nitrogens is 1. The van der Waals surface area contributed by atoms with Gasteiger partial charge in [0.25, 0.3) is 0 Å². The molecule has 4 heteroatoms. The number of aryl methyl sites for hydroxylation is 1. The lowest BCUT2D eigenvalue weighted by molar-refractivity contribution is -0.425. The molecule has 0 atom stereocenters. The van der Waals surface area contributed by atoms with Crippen molar-refractivity contribution < 1.29 is 4.92 Å². The van der Waals surface area contributed by atoms with E-state index in [0.29, 0.717) is 6.42 Å². The Morgan fingerprint density at radius 3 is 2.94 bits per heavy atom. The first kappa shape index (κ1) is 11.4. The zero-order valence-electron chi connectivity index (χ0n) is 9.86. The van der Waals surface area contributed by atoms with Crippen LogP contribution in [0.15, 0.2) is 30.1 Å². The average Bonchev–Trinajstić information content (AvgIpc) is 2.70. The predicted octanol–water partition coefficient (Wildman–Crippen LogP) is 3.50. The molecule has 1 N–H and O–H groups in total. The van der Waals surface area contributed by atoms with Crippen LogP contribution in [-0.4, -0.2) is 9.91 Å². The summed E-state index contributed by atoms with van der Waals surface area (Å²) in [4.78, 5) is 13.6. The minimum atomic E-state index is -0.322. The lowest BCUT2D eigenvalue weighted by Gasteiger charge is -1.98. The zero-order valence-corrected chi connectivity index (χ0v) is 9.86. The summed E-state index contributed by atoms with van der Waals surface area (Å²) in [6, 6.07) is 5.94. The number of fused-ring (bicyclic) bond motifs is 1. The molecule has 0 fully saturated rings. The standard InChI is InChI=1S/C13H14N2O2/c1-3-11(15(16)17)7-10-8-14-12-6-4-5-9(2)13(10)12/h4-8,14H,3H2,1-2H3. The molecule has 0 saturated carbocycles. The Morgan fingerprint density at radius 1 is 1.53 bits per heavy atom. The van der Waals surface area contributed by atoms with E-state index in [9.17, 15) is 10.1 Å². The van der Waals surface area contributed by atoms with Gasteiger partial charge in [-0.05, 0) is 18.6 Å². The number of H-pyrrole nitrogens is 1. The van der Waals surface area contributed by atoms with Crippen LogP contribution in [0.1, 0.15) is 24.5 Å². The van der Waals surface area contributed by atoms with Crippen molar-refractivity contribution >= 4 is 17.0 Å². The van der Waals surface area contributed by atoms with Crippen molar-refractivity contribution in [2.24, 2.45) is 0 Å². The quantitative estimate of drug-likeness (QED) is 0.648. The van der Waals surface area contributed by atoms with Crippen molar-refractivity contribution in [1.29, 1.82) is 0 Å². The molecule has 0 bridgehead atoms. The highest BCUT2D eigenvalue weighted by atomic mass is 16.6. The summed E-state index contributed by atoms with van der Waals surface area (Å²) >= 11 is 0. The van der Waals surface area contributed by atoms with Gasteiger partial charge in [0, 0.05) is 35.2 Å². The molecule has 1 aromatic heterocycles. The molecular formula is C13H14N2O2. The van der Waals surface area contributed by atoms with E-state index < -0.39 is 0 Å². The van der Waals surface area contributed by atoms with Crippen LogP contribution in [0.25, 0.3) is 17.0 Å². The molecule has 0 radical (unpaired) electrons. The van der Waals surface area contributed by atoms with Gasteiger partial charge >= 0.3 is 0 Å². The minimum Gasteiger partial charge on any atom is -0.361 e. The molecule has 0 aliphatic heterocycles. The Hall–Kier alpha value is -2.10. The molecular weight excluding hydrogens is 216 g/mol. The van der Waals surface area contributed by atoms with Crippen LogP contribution < -0.4 is 0 Å². The normalized spacial score (nSPS) is 12.0. The van der Waals surface area contributed by atoms with E-state index in [2.05, 4.69) is 4.98 Å². The first-order chi connectivity index (χ1) is 8.13. The largest absolute Gasteiger partial charge is 0.361 e. The highest BCUT2D eigenvalue weighted by Gasteiger charge is 2.10. The molecule has 17 heavy (non-hydrogen) atoms. The Balaban J connectivity index is 2.60. The van der Waals surface area contributed by atoms with Crippen LogP contribution in [0, 0.1) is 17.0 Å². The van der Waals surface area contributed by atoms with Gasteiger partial charge in [-0.15, -0.1) is 0 Å². The third-order valence-electron chi connectivity index (χ3n) is 2.86. The van der Waals surface area contributed by atoms with Gasteiger partial charge in [-0.25, -0.2) is 0 Å². The summed E-state index contributed by atoms with van der Waals surface area (Å²) in [6.45, 7) is 3.79. The Bertz CT molecular complexity index is 596. The predicted molar refractivity (Wildman–Crippen MR) is 68.3 cm³/mol. The summed E-state index contributed by atoms with van der Waals surface area (Å²) in [6.07, 6.45) is 3.88. The van der Waals surface area contributed by atoms with Crippen molar-refractivity contribution in [3.8, 4) is 0 Å². The van der Waals surface area contributed by atoms with Crippen LogP contribution in [-0.2, 0) is 0 Å². The lowest BCUT2D eigenvalue weighted by atomic mass is 10.1. The summed E-state index contributed by atoms with van der Waals surface area (Å²) in [5, 5.41) is 11.9. The molecule has 1 heterocycles. The summed E-state index contributed by atoms with van der Waals surface area (Å²) in [5.74, 6) is 0. The van der Waals surface area contributed by atoms with Crippen LogP contribution in [0.2, 0.25) is 0 Å². The van der Waals surface area contributed by atoms with Gasteiger partial charge in [-0.2, -0.15) is 0 Å².